The highest BCUT2D eigenvalue weighted by molar-refractivity contribution is 5.86. The quantitative estimate of drug-likeness (QED) is 0.117. The third-order valence-electron chi connectivity index (χ3n) is 5.31. The monoisotopic (exact) mass is 454 g/mol. The zero-order valence-electron chi connectivity index (χ0n) is 17.2. The maximum Gasteiger partial charge on any atom is 0.346 e. The molecule has 1 aromatic carbocycles. The lowest BCUT2D eigenvalue weighted by molar-refractivity contribution is -0.161. The summed E-state index contributed by atoms with van der Waals surface area (Å²) < 4.78 is 15.7. The van der Waals surface area contributed by atoms with Crippen LogP contribution in [0, 0.1) is 0 Å². The predicted octanol–water partition coefficient (Wildman–Crippen LogP) is -0.530. The Kier molecular flexibility index (Phi) is 7.49. The molecule has 0 radical (unpaired) electrons. The number of fused-ring (bicyclic) bond motifs is 1. The summed E-state index contributed by atoms with van der Waals surface area (Å²) in [6.07, 6.45) is -6.21. The van der Waals surface area contributed by atoms with Crippen molar-refractivity contribution in [3.8, 4) is 11.5 Å². The van der Waals surface area contributed by atoms with Gasteiger partial charge in [-0.25, -0.2) is 9.59 Å². The first-order chi connectivity index (χ1) is 15.2. The maximum absolute atomic E-state index is 12.4. The molecule has 1 saturated heterocycles. The number of aliphatic hydroxyl groups excluding tert-OH is 5. The van der Waals surface area contributed by atoms with E-state index in [2.05, 4.69) is 0 Å². The molecule has 0 saturated carbocycles. The number of aliphatic hydroxyl groups is 5. The standard InChI is InChI=1S/C21H26O11/c1-2-3-4-12-19(31-12)14-15(24)10-6-5-9(7-13(10)32-20(14)28)30-21(29)18(27)17(26)16(25)11(23)8-22/h5-7,11-12,16-19,22-27H,2-4,8H2,1H3/t11-,12?,16-,17+,18-,19?/m1/s1. The molecule has 2 aromatic rings. The smallest absolute Gasteiger partial charge is 0.346 e. The van der Waals surface area contributed by atoms with Gasteiger partial charge in [-0.05, 0) is 18.6 Å². The first-order valence-electron chi connectivity index (χ1n) is 10.2. The van der Waals surface area contributed by atoms with Gasteiger partial charge < -0.3 is 44.5 Å². The summed E-state index contributed by atoms with van der Waals surface area (Å²) in [6, 6.07) is 3.75. The molecule has 1 aliphatic rings. The van der Waals surface area contributed by atoms with E-state index in [-0.39, 0.29) is 34.1 Å². The Bertz CT molecular complexity index is 1020. The average Bonchev–Trinajstić information content (AvgIpc) is 3.54. The summed E-state index contributed by atoms with van der Waals surface area (Å²) in [5, 5.41) is 58.1. The first-order valence-corrected chi connectivity index (χ1v) is 10.2. The van der Waals surface area contributed by atoms with Crippen molar-refractivity contribution in [1.29, 1.82) is 0 Å². The van der Waals surface area contributed by atoms with Crippen LogP contribution >= 0.6 is 0 Å². The van der Waals surface area contributed by atoms with Gasteiger partial charge in [-0.15, -0.1) is 0 Å². The Hall–Kier alpha value is -2.54. The second-order valence-electron chi connectivity index (χ2n) is 7.64. The molecule has 6 atom stereocenters. The Balaban J connectivity index is 1.77. The third-order valence-corrected chi connectivity index (χ3v) is 5.31. The summed E-state index contributed by atoms with van der Waals surface area (Å²) in [4.78, 5) is 24.5. The zero-order chi connectivity index (χ0) is 23.6. The van der Waals surface area contributed by atoms with Gasteiger partial charge in [-0.2, -0.15) is 0 Å². The zero-order valence-corrected chi connectivity index (χ0v) is 17.2. The number of epoxide rings is 1. The van der Waals surface area contributed by atoms with E-state index in [1.807, 2.05) is 6.92 Å². The van der Waals surface area contributed by atoms with Crippen molar-refractivity contribution in [2.45, 2.75) is 62.8 Å². The average molecular weight is 454 g/mol. The molecule has 1 aromatic heterocycles. The SMILES string of the molecule is CCCCC1OC1c1c(O)c2ccc(OC(=O)[C@H](O)[C@@H](O)[C@H](O)[C@H](O)CO)cc2oc1=O. The van der Waals surface area contributed by atoms with E-state index in [1.54, 1.807) is 0 Å². The maximum atomic E-state index is 12.4. The highest BCUT2D eigenvalue weighted by Crippen LogP contribution is 2.45. The van der Waals surface area contributed by atoms with Gasteiger partial charge in [0.25, 0.3) is 0 Å². The van der Waals surface area contributed by atoms with Gasteiger partial charge in [0.2, 0.25) is 0 Å². The molecule has 3 rings (SSSR count). The van der Waals surface area contributed by atoms with E-state index in [1.165, 1.54) is 12.1 Å². The molecule has 11 heteroatoms. The Morgan fingerprint density at radius 1 is 1.19 bits per heavy atom. The van der Waals surface area contributed by atoms with Crippen LogP contribution in [0.4, 0.5) is 0 Å². The number of unbranched alkanes of at least 4 members (excludes halogenated alkanes) is 1. The van der Waals surface area contributed by atoms with Gasteiger partial charge in [-0.1, -0.05) is 19.8 Å². The highest BCUT2D eigenvalue weighted by Gasteiger charge is 2.44. The van der Waals surface area contributed by atoms with Crippen molar-refractivity contribution in [3.05, 3.63) is 34.2 Å². The molecule has 0 amide bonds. The molecule has 2 heterocycles. The van der Waals surface area contributed by atoms with Crippen molar-refractivity contribution in [3.63, 3.8) is 0 Å². The summed E-state index contributed by atoms with van der Waals surface area (Å²) in [5.41, 5.74) is -0.851. The predicted molar refractivity (Wildman–Crippen MR) is 108 cm³/mol. The minimum absolute atomic E-state index is 0.0262. The number of hydrogen-bond donors (Lipinski definition) is 6. The van der Waals surface area contributed by atoms with Crippen molar-refractivity contribution in [2.24, 2.45) is 0 Å². The lowest BCUT2D eigenvalue weighted by Crippen LogP contribution is -2.49. The minimum atomic E-state index is -2.24. The van der Waals surface area contributed by atoms with Gasteiger partial charge in [0.1, 0.15) is 47.1 Å². The number of esters is 1. The molecule has 176 valence electrons. The van der Waals surface area contributed by atoms with Crippen LogP contribution < -0.4 is 10.4 Å². The molecule has 6 N–H and O–H groups in total. The van der Waals surface area contributed by atoms with E-state index in [9.17, 15) is 35.1 Å². The Morgan fingerprint density at radius 3 is 2.56 bits per heavy atom. The number of carbonyl (C=O) groups excluding carboxylic acids is 1. The van der Waals surface area contributed by atoms with Crippen LogP contribution in [0.15, 0.2) is 27.4 Å². The van der Waals surface area contributed by atoms with Gasteiger partial charge in [0.15, 0.2) is 6.10 Å². The number of ether oxygens (including phenoxy) is 2. The number of benzene rings is 1. The molecule has 0 bridgehead atoms. The topological polar surface area (TPSA) is 190 Å². The summed E-state index contributed by atoms with van der Waals surface area (Å²) in [6.45, 7) is 1.13. The fourth-order valence-corrected chi connectivity index (χ4v) is 3.35. The van der Waals surface area contributed by atoms with Crippen LogP contribution in [0.25, 0.3) is 11.0 Å². The molecule has 2 unspecified atom stereocenters. The van der Waals surface area contributed by atoms with E-state index in [0.717, 1.165) is 25.3 Å². The van der Waals surface area contributed by atoms with Crippen LogP contribution in [0.1, 0.15) is 37.9 Å². The molecule has 0 spiro atoms. The van der Waals surface area contributed by atoms with Crippen molar-refractivity contribution in [2.75, 3.05) is 6.61 Å². The summed E-state index contributed by atoms with van der Waals surface area (Å²) >= 11 is 0. The van der Waals surface area contributed by atoms with Crippen molar-refractivity contribution in [1.82, 2.24) is 0 Å². The number of rotatable bonds is 10. The van der Waals surface area contributed by atoms with Crippen LogP contribution in [-0.4, -0.2) is 73.7 Å². The lowest BCUT2D eigenvalue weighted by atomic mass is 10.0. The van der Waals surface area contributed by atoms with Gasteiger partial charge >= 0.3 is 11.6 Å². The number of hydrogen-bond acceptors (Lipinski definition) is 11. The molecule has 11 nitrogen and oxygen atoms in total. The second kappa shape index (κ2) is 9.94. The van der Waals surface area contributed by atoms with Crippen LogP contribution in [0.3, 0.4) is 0 Å². The normalized spacial score (nSPS) is 21.7. The first kappa shape index (κ1) is 24.1. The van der Waals surface area contributed by atoms with Crippen LogP contribution in [0.2, 0.25) is 0 Å². The fraction of sp³-hybridized carbons (Fsp3) is 0.524. The minimum Gasteiger partial charge on any atom is -0.507 e. The van der Waals surface area contributed by atoms with E-state index >= 15 is 0 Å². The molecular formula is C21H26O11. The number of carbonyl (C=O) groups is 1. The molecule has 0 aliphatic carbocycles. The van der Waals surface area contributed by atoms with Crippen LogP contribution in [0.5, 0.6) is 11.5 Å². The Labute approximate surface area is 182 Å². The van der Waals surface area contributed by atoms with E-state index in [0.29, 0.717) is 0 Å². The van der Waals surface area contributed by atoms with Gasteiger partial charge in [0, 0.05) is 6.07 Å². The van der Waals surface area contributed by atoms with Crippen molar-refractivity contribution >= 4 is 16.9 Å². The third kappa shape index (κ3) is 4.93. The summed E-state index contributed by atoms with van der Waals surface area (Å²) in [7, 11) is 0. The summed E-state index contributed by atoms with van der Waals surface area (Å²) in [5.74, 6) is -1.84. The lowest BCUT2D eigenvalue weighted by Gasteiger charge is -2.24. The van der Waals surface area contributed by atoms with Crippen LogP contribution in [-0.2, 0) is 9.53 Å². The fourth-order valence-electron chi connectivity index (χ4n) is 3.35. The molecular weight excluding hydrogens is 428 g/mol. The molecule has 1 aliphatic heterocycles. The van der Waals surface area contributed by atoms with E-state index < -0.39 is 48.7 Å². The molecule has 32 heavy (non-hydrogen) atoms. The van der Waals surface area contributed by atoms with E-state index in [4.69, 9.17) is 19.0 Å². The highest BCUT2D eigenvalue weighted by atomic mass is 16.6. The molecule has 1 fully saturated rings. The number of aromatic hydroxyl groups is 1. The Morgan fingerprint density at radius 2 is 1.91 bits per heavy atom. The largest absolute Gasteiger partial charge is 0.507 e. The van der Waals surface area contributed by atoms with Crippen molar-refractivity contribution < 1.29 is 49.3 Å². The van der Waals surface area contributed by atoms with Gasteiger partial charge in [0.05, 0.1) is 18.1 Å². The van der Waals surface area contributed by atoms with Gasteiger partial charge in [-0.3, -0.25) is 0 Å². The second-order valence-corrected chi connectivity index (χ2v) is 7.64.